The topological polar surface area (TPSA) is 39.5 Å². The largest absolute Gasteiger partial charge is 0.497 e. The summed E-state index contributed by atoms with van der Waals surface area (Å²) < 4.78 is 13.0. The fourth-order valence-corrected chi connectivity index (χ4v) is 3.31. The first-order valence-electron chi connectivity index (χ1n) is 8.72. The van der Waals surface area contributed by atoms with E-state index >= 15 is 0 Å². The summed E-state index contributed by atoms with van der Waals surface area (Å²) in [5.74, 6) is 1.25. The lowest BCUT2D eigenvalue weighted by Crippen LogP contribution is -2.34. The van der Waals surface area contributed by atoms with Gasteiger partial charge in [0, 0.05) is 50.5 Å². The standard InChI is InChI=1S/C19H27N3O2/c1-4-22-13-16-11-21(10-15-6-8-18(23-3)9-7-15)12-17(14-24-5-2)19(16)20-22/h6-9,13,17H,4-5,10-12,14H2,1-3H3/t17-/m0/s1. The summed E-state index contributed by atoms with van der Waals surface area (Å²) in [5, 5.41) is 4.76. The van der Waals surface area contributed by atoms with Crippen molar-refractivity contribution < 1.29 is 9.47 Å². The van der Waals surface area contributed by atoms with Gasteiger partial charge in [-0.25, -0.2) is 0 Å². The average Bonchev–Trinajstić information content (AvgIpc) is 3.03. The van der Waals surface area contributed by atoms with Crippen LogP contribution in [0.2, 0.25) is 0 Å². The van der Waals surface area contributed by atoms with E-state index in [2.05, 4.69) is 30.2 Å². The van der Waals surface area contributed by atoms with Crippen molar-refractivity contribution in [1.29, 1.82) is 0 Å². The van der Waals surface area contributed by atoms with Crippen molar-refractivity contribution in [1.82, 2.24) is 14.7 Å². The van der Waals surface area contributed by atoms with Crippen molar-refractivity contribution in [3.05, 3.63) is 47.3 Å². The molecule has 0 saturated carbocycles. The fraction of sp³-hybridized carbons (Fsp3) is 0.526. The molecule has 0 radical (unpaired) electrons. The molecule has 0 aliphatic carbocycles. The summed E-state index contributed by atoms with van der Waals surface area (Å²) in [5.41, 5.74) is 3.86. The lowest BCUT2D eigenvalue weighted by Gasteiger charge is -2.31. The zero-order valence-electron chi connectivity index (χ0n) is 14.9. The van der Waals surface area contributed by atoms with E-state index in [0.29, 0.717) is 5.92 Å². The molecule has 1 aliphatic heterocycles. The van der Waals surface area contributed by atoms with Gasteiger partial charge in [0.1, 0.15) is 5.75 Å². The van der Waals surface area contributed by atoms with Crippen LogP contribution in [-0.4, -0.2) is 41.5 Å². The van der Waals surface area contributed by atoms with Gasteiger partial charge >= 0.3 is 0 Å². The molecule has 5 nitrogen and oxygen atoms in total. The average molecular weight is 329 g/mol. The molecule has 3 rings (SSSR count). The first kappa shape index (κ1) is 17.0. The third-order valence-electron chi connectivity index (χ3n) is 4.54. The minimum absolute atomic E-state index is 0.347. The number of rotatable bonds is 7. The summed E-state index contributed by atoms with van der Waals surface area (Å²) in [7, 11) is 1.70. The van der Waals surface area contributed by atoms with Crippen LogP contribution in [-0.2, 0) is 24.4 Å². The van der Waals surface area contributed by atoms with Gasteiger partial charge in [0.15, 0.2) is 0 Å². The number of ether oxygens (including phenoxy) is 2. The molecular weight excluding hydrogens is 302 g/mol. The van der Waals surface area contributed by atoms with E-state index in [1.54, 1.807) is 7.11 Å². The van der Waals surface area contributed by atoms with Crippen LogP contribution in [0.25, 0.3) is 0 Å². The lowest BCUT2D eigenvalue weighted by atomic mass is 9.97. The summed E-state index contributed by atoms with van der Waals surface area (Å²) in [6.07, 6.45) is 2.19. The van der Waals surface area contributed by atoms with E-state index in [1.165, 1.54) is 16.8 Å². The van der Waals surface area contributed by atoms with E-state index in [9.17, 15) is 0 Å². The van der Waals surface area contributed by atoms with Crippen molar-refractivity contribution >= 4 is 0 Å². The minimum atomic E-state index is 0.347. The Balaban J connectivity index is 1.74. The Morgan fingerprint density at radius 3 is 2.67 bits per heavy atom. The monoisotopic (exact) mass is 329 g/mol. The van der Waals surface area contributed by atoms with Crippen LogP contribution >= 0.6 is 0 Å². The van der Waals surface area contributed by atoms with Gasteiger partial charge in [-0.05, 0) is 31.5 Å². The quantitative estimate of drug-likeness (QED) is 0.783. The molecule has 5 heteroatoms. The predicted octanol–water partition coefficient (Wildman–Crippen LogP) is 3.05. The van der Waals surface area contributed by atoms with Gasteiger partial charge < -0.3 is 9.47 Å². The van der Waals surface area contributed by atoms with Crippen molar-refractivity contribution in [3.63, 3.8) is 0 Å². The van der Waals surface area contributed by atoms with Gasteiger partial charge in [-0.2, -0.15) is 5.10 Å². The van der Waals surface area contributed by atoms with Gasteiger partial charge in [0.2, 0.25) is 0 Å². The van der Waals surface area contributed by atoms with Gasteiger partial charge in [0.05, 0.1) is 19.4 Å². The Morgan fingerprint density at radius 2 is 2.00 bits per heavy atom. The summed E-state index contributed by atoms with van der Waals surface area (Å²) in [6.45, 7) is 9.44. The number of hydrogen-bond acceptors (Lipinski definition) is 4. The third-order valence-corrected chi connectivity index (χ3v) is 4.54. The van der Waals surface area contributed by atoms with Crippen molar-refractivity contribution in [2.24, 2.45) is 0 Å². The molecule has 24 heavy (non-hydrogen) atoms. The Morgan fingerprint density at radius 1 is 1.21 bits per heavy atom. The predicted molar refractivity (Wildman–Crippen MR) is 94.2 cm³/mol. The van der Waals surface area contributed by atoms with Gasteiger partial charge in [-0.3, -0.25) is 9.58 Å². The molecule has 1 aromatic carbocycles. The molecule has 2 heterocycles. The SMILES string of the molecule is CCOC[C@@H]1CN(Cc2ccc(OC)cc2)Cc2cn(CC)nc21. The number of fused-ring (bicyclic) bond motifs is 1. The molecular formula is C19H27N3O2. The highest BCUT2D eigenvalue weighted by Crippen LogP contribution is 2.28. The second kappa shape index (κ2) is 7.81. The van der Waals surface area contributed by atoms with E-state index in [4.69, 9.17) is 14.6 Å². The van der Waals surface area contributed by atoms with Crippen molar-refractivity contribution in [3.8, 4) is 5.75 Å². The van der Waals surface area contributed by atoms with Crippen LogP contribution in [0.3, 0.4) is 0 Å². The number of nitrogens with zero attached hydrogens (tertiary/aromatic N) is 3. The van der Waals surface area contributed by atoms with E-state index < -0.39 is 0 Å². The molecule has 0 fully saturated rings. The maximum atomic E-state index is 5.71. The summed E-state index contributed by atoms with van der Waals surface area (Å²) in [4.78, 5) is 2.48. The maximum absolute atomic E-state index is 5.71. The molecule has 0 amide bonds. The molecule has 0 saturated heterocycles. The summed E-state index contributed by atoms with van der Waals surface area (Å²) >= 11 is 0. The van der Waals surface area contributed by atoms with Crippen LogP contribution in [0.5, 0.6) is 5.75 Å². The normalized spacial score (nSPS) is 17.7. The third kappa shape index (κ3) is 3.79. The molecule has 1 atom stereocenters. The van der Waals surface area contributed by atoms with Crippen LogP contribution in [0.4, 0.5) is 0 Å². The van der Waals surface area contributed by atoms with Gasteiger partial charge in [-0.1, -0.05) is 12.1 Å². The molecule has 0 N–H and O–H groups in total. The molecule has 0 bridgehead atoms. The molecule has 0 spiro atoms. The highest BCUT2D eigenvalue weighted by molar-refractivity contribution is 5.28. The Kier molecular flexibility index (Phi) is 5.53. The van der Waals surface area contributed by atoms with Crippen molar-refractivity contribution in [2.45, 2.75) is 39.4 Å². The minimum Gasteiger partial charge on any atom is -0.497 e. The van der Waals surface area contributed by atoms with Crippen LogP contribution in [0, 0.1) is 0 Å². The van der Waals surface area contributed by atoms with Crippen molar-refractivity contribution in [2.75, 3.05) is 26.9 Å². The molecule has 0 unspecified atom stereocenters. The van der Waals surface area contributed by atoms with Crippen LogP contribution < -0.4 is 4.74 Å². The Bertz CT molecular complexity index is 651. The molecule has 130 valence electrons. The number of aromatic nitrogens is 2. The van der Waals surface area contributed by atoms with E-state index in [1.807, 2.05) is 23.7 Å². The van der Waals surface area contributed by atoms with E-state index in [-0.39, 0.29) is 0 Å². The van der Waals surface area contributed by atoms with Gasteiger partial charge in [0.25, 0.3) is 0 Å². The number of hydrogen-bond donors (Lipinski definition) is 0. The molecule has 1 aliphatic rings. The number of benzene rings is 1. The first-order valence-corrected chi connectivity index (χ1v) is 8.72. The fourth-order valence-electron chi connectivity index (χ4n) is 3.31. The lowest BCUT2D eigenvalue weighted by molar-refractivity contribution is 0.104. The highest BCUT2D eigenvalue weighted by Gasteiger charge is 2.28. The molecule has 1 aromatic heterocycles. The Hall–Kier alpha value is -1.85. The second-order valence-corrected chi connectivity index (χ2v) is 6.27. The second-order valence-electron chi connectivity index (χ2n) is 6.27. The zero-order valence-corrected chi connectivity index (χ0v) is 14.9. The number of aryl methyl sites for hydroxylation is 1. The number of methoxy groups -OCH3 is 1. The van der Waals surface area contributed by atoms with E-state index in [0.717, 1.165) is 45.1 Å². The zero-order chi connectivity index (χ0) is 16.9. The Labute approximate surface area is 144 Å². The first-order chi connectivity index (χ1) is 11.7. The maximum Gasteiger partial charge on any atom is 0.118 e. The van der Waals surface area contributed by atoms with Crippen LogP contribution in [0.1, 0.15) is 36.6 Å². The summed E-state index contributed by atoms with van der Waals surface area (Å²) in [6, 6.07) is 8.33. The molecule has 2 aromatic rings. The smallest absolute Gasteiger partial charge is 0.118 e. The van der Waals surface area contributed by atoms with Crippen LogP contribution in [0.15, 0.2) is 30.5 Å². The van der Waals surface area contributed by atoms with Gasteiger partial charge in [-0.15, -0.1) is 0 Å². The highest BCUT2D eigenvalue weighted by atomic mass is 16.5.